The largest absolute Gasteiger partial charge is 0.354 e. The van der Waals surface area contributed by atoms with E-state index in [-0.39, 0.29) is 5.82 Å². The Balaban J connectivity index is 2.19. The highest BCUT2D eigenvalue weighted by Gasteiger charge is 2.22. The van der Waals surface area contributed by atoms with Gasteiger partial charge < -0.3 is 10.2 Å². The molecule has 1 N–H and O–H groups in total. The fraction of sp³-hybridized carbons (Fsp3) is 0.643. The lowest BCUT2D eigenvalue weighted by atomic mass is 10.2. The first-order chi connectivity index (χ1) is 8.61. The number of rotatable bonds is 6. The van der Waals surface area contributed by atoms with Crippen molar-refractivity contribution in [3.8, 4) is 0 Å². The van der Waals surface area contributed by atoms with Gasteiger partial charge in [-0.05, 0) is 39.7 Å². The first-order valence-electron chi connectivity index (χ1n) is 6.76. The van der Waals surface area contributed by atoms with E-state index in [1.165, 1.54) is 19.0 Å². The highest BCUT2D eigenvalue weighted by atomic mass is 19.1. The molecule has 0 aliphatic heterocycles. The van der Waals surface area contributed by atoms with Crippen LogP contribution in [0.3, 0.4) is 0 Å². The summed E-state index contributed by atoms with van der Waals surface area (Å²) in [5.74, 6) is 0.646. The second-order valence-electron chi connectivity index (χ2n) is 5.17. The molecule has 0 bridgehead atoms. The molecule has 0 amide bonds. The van der Waals surface area contributed by atoms with Gasteiger partial charge in [0.2, 0.25) is 0 Å². The van der Waals surface area contributed by atoms with Crippen LogP contribution in [0, 0.1) is 5.82 Å². The van der Waals surface area contributed by atoms with Crippen molar-refractivity contribution in [2.45, 2.75) is 52.2 Å². The molecule has 0 spiro atoms. The van der Waals surface area contributed by atoms with E-state index in [9.17, 15) is 4.39 Å². The molecule has 0 aromatic carbocycles. The standard InChI is InChI=1S/C14H22FN3/c1-4-18(10(2)3)14-11(7-12(15)9-17-14)8-16-13-5-6-13/h7,9-10,13,16H,4-6,8H2,1-3H3. The molecular formula is C14H22FN3. The van der Waals surface area contributed by atoms with Crippen LogP contribution in [0.1, 0.15) is 39.2 Å². The zero-order valence-corrected chi connectivity index (χ0v) is 11.4. The van der Waals surface area contributed by atoms with Crippen LogP contribution in [-0.2, 0) is 6.54 Å². The molecule has 1 aromatic heterocycles. The normalized spacial score (nSPS) is 15.2. The summed E-state index contributed by atoms with van der Waals surface area (Å²) in [5.41, 5.74) is 0.956. The minimum absolute atomic E-state index is 0.258. The number of aromatic nitrogens is 1. The summed E-state index contributed by atoms with van der Waals surface area (Å²) in [4.78, 5) is 6.48. The highest BCUT2D eigenvalue weighted by Crippen LogP contribution is 2.23. The van der Waals surface area contributed by atoms with Gasteiger partial charge in [-0.2, -0.15) is 0 Å². The number of pyridine rings is 1. The lowest BCUT2D eigenvalue weighted by Gasteiger charge is -2.28. The zero-order valence-electron chi connectivity index (χ0n) is 11.4. The first-order valence-corrected chi connectivity index (χ1v) is 6.76. The van der Waals surface area contributed by atoms with E-state index in [4.69, 9.17) is 0 Å². The smallest absolute Gasteiger partial charge is 0.141 e. The van der Waals surface area contributed by atoms with Crippen LogP contribution in [0.4, 0.5) is 10.2 Å². The molecule has 0 saturated heterocycles. The monoisotopic (exact) mass is 251 g/mol. The SMILES string of the molecule is CCN(c1ncc(F)cc1CNC1CC1)C(C)C. The lowest BCUT2D eigenvalue weighted by Crippen LogP contribution is -2.33. The maximum atomic E-state index is 13.3. The molecule has 3 nitrogen and oxygen atoms in total. The molecule has 100 valence electrons. The van der Waals surface area contributed by atoms with E-state index in [1.807, 2.05) is 0 Å². The summed E-state index contributed by atoms with van der Waals surface area (Å²) in [7, 11) is 0. The fourth-order valence-electron chi connectivity index (χ4n) is 2.16. The van der Waals surface area contributed by atoms with E-state index < -0.39 is 0 Å². The molecule has 0 radical (unpaired) electrons. The van der Waals surface area contributed by atoms with Crippen LogP contribution in [0.15, 0.2) is 12.3 Å². The number of hydrogen-bond donors (Lipinski definition) is 1. The third-order valence-electron chi connectivity index (χ3n) is 3.30. The topological polar surface area (TPSA) is 28.2 Å². The third-order valence-corrected chi connectivity index (χ3v) is 3.30. The molecule has 2 rings (SSSR count). The van der Waals surface area contributed by atoms with Crippen molar-refractivity contribution in [3.05, 3.63) is 23.6 Å². The van der Waals surface area contributed by atoms with E-state index in [0.29, 0.717) is 18.6 Å². The van der Waals surface area contributed by atoms with Crippen molar-refractivity contribution in [2.75, 3.05) is 11.4 Å². The van der Waals surface area contributed by atoms with Crippen molar-refractivity contribution in [1.82, 2.24) is 10.3 Å². The van der Waals surface area contributed by atoms with Crippen molar-refractivity contribution < 1.29 is 4.39 Å². The summed E-state index contributed by atoms with van der Waals surface area (Å²) in [6, 6.07) is 2.59. The van der Waals surface area contributed by atoms with Crippen molar-refractivity contribution in [2.24, 2.45) is 0 Å². The molecule has 0 atom stereocenters. The maximum Gasteiger partial charge on any atom is 0.141 e. The van der Waals surface area contributed by atoms with Crippen LogP contribution in [0.5, 0.6) is 0 Å². The maximum absolute atomic E-state index is 13.3. The summed E-state index contributed by atoms with van der Waals surface area (Å²) < 4.78 is 13.3. The molecule has 4 heteroatoms. The van der Waals surface area contributed by atoms with Crippen LogP contribution in [0.25, 0.3) is 0 Å². The molecule has 1 heterocycles. The van der Waals surface area contributed by atoms with Crippen molar-refractivity contribution in [1.29, 1.82) is 0 Å². The Bertz CT molecular complexity index is 402. The Labute approximate surface area is 108 Å². The Kier molecular flexibility index (Phi) is 4.17. The second kappa shape index (κ2) is 5.65. The van der Waals surface area contributed by atoms with Gasteiger partial charge in [-0.15, -0.1) is 0 Å². The number of nitrogens with zero attached hydrogens (tertiary/aromatic N) is 2. The Hall–Kier alpha value is -1.16. The van der Waals surface area contributed by atoms with Gasteiger partial charge in [0.25, 0.3) is 0 Å². The fourth-order valence-corrected chi connectivity index (χ4v) is 2.16. The second-order valence-corrected chi connectivity index (χ2v) is 5.17. The predicted octanol–water partition coefficient (Wildman–Crippen LogP) is 2.71. The Morgan fingerprint density at radius 2 is 2.22 bits per heavy atom. The van der Waals surface area contributed by atoms with Gasteiger partial charge in [-0.1, -0.05) is 0 Å². The zero-order chi connectivity index (χ0) is 13.1. The van der Waals surface area contributed by atoms with Crippen LogP contribution >= 0.6 is 0 Å². The van der Waals surface area contributed by atoms with E-state index in [2.05, 4.69) is 36.0 Å². The molecule has 0 unspecified atom stereocenters. The van der Waals surface area contributed by atoms with E-state index >= 15 is 0 Å². The summed E-state index contributed by atoms with van der Waals surface area (Å²) >= 11 is 0. The van der Waals surface area contributed by atoms with Gasteiger partial charge >= 0.3 is 0 Å². The lowest BCUT2D eigenvalue weighted by molar-refractivity contribution is 0.605. The van der Waals surface area contributed by atoms with Gasteiger partial charge in [0.05, 0.1) is 6.20 Å². The third kappa shape index (κ3) is 3.19. The summed E-state index contributed by atoms with van der Waals surface area (Å²) in [6.07, 6.45) is 3.78. The molecular weight excluding hydrogens is 229 g/mol. The molecule has 1 aliphatic rings. The van der Waals surface area contributed by atoms with Crippen LogP contribution in [0.2, 0.25) is 0 Å². The van der Waals surface area contributed by atoms with Gasteiger partial charge in [-0.3, -0.25) is 0 Å². The molecule has 1 saturated carbocycles. The predicted molar refractivity (Wildman–Crippen MR) is 72.2 cm³/mol. The van der Waals surface area contributed by atoms with Gasteiger partial charge in [0.1, 0.15) is 11.6 Å². The average molecular weight is 251 g/mol. The number of halogens is 1. The number of nitrogens with one attached hydrogen (secondary N) is 1. The minimum Gasteiger partial charge on any atom is -0.354 e. The minimum atomic E-state index is -0.258. The summed E-state index contributed by atoms with van der Waals surface area (Å²) in [5, 5.41) is 3.43. The van der Waals surface area contributed by atoms with Crippen molar-refractivity contribution in [3.63, 3.8) is 0 Å². The van der Waals surface area contributed by atoms with Gasteiger partial charge in [0, 0.05) is 30.7 Å². The Morgan fingerprint density at radius 1 is 1.50 bits per heavy atom. The van der Waals surface area contributed by atoms with Crippen LogP contribution in [-0.4, -0.2) is 23.6 Å². The van der Waals surface area contributed by atoms with Gasteiger partial charge in [-0.25, -0.2) is 9.37 Å². The molecule has 1 fully saturated rings. The molecule has 18 heavy (non-hydrogen) atoms. The average Bonchev–Trinajstić information content (AvgIpc) is 3.13. The molecule has 1 aromatic rings. The van der Waals surface area contributed by atoms with E-state index in [0.717, 1.165) is 17.9 Å². The van der Waals surface area contributed by atoms with Gasteiger partial charge in [0.15, 0.2) is 0 Å². The first kappa shape index (κ1) is 13.3. The quantitative estimate of drug-likeness (QED) is 0.842. The summed E-state index contributed by atoms with van der Waals surface area (Å²) in [6.45, 7) is 7.95. The van der Waals surface area contributed by atoms with Crippen LogP contribution < -0.4 is 10.2 Å². The Morgan fingerprint density at radius 3 is 2.78 bits per heavy atom. The molecule has 1 aliphatic carbocycles. The van der Waals surface area contributed by atoms with Crippen molar-refractivity contribution >= 4 is 5.82 Å². The highest BCUT2D eigenvalue weighted by molar-refractivity contribution is 5.47. The number of hydrogen-bond acceptors (Lipinski definition) is 3. The number of anilines is 1. The van der Waals surface area contributed by atoms with E-state index in [1.54, 1.807) is 6.07 Å².